The summed E-state index contributed by atoms with van der Waals surface area (Å²) >= 11 is 0. The van der Waals surface area contributed by atoms with Crippen LogP contribution in [0.3, 0.4) is 0 Å². The molecule has 2 heterocycles. The number of likely N-dealkylation sites (N-methyl/N-ethyl adjacent to an activating group) is 1. The number of aryl methyl sites for hydroxylation is 2. The minimum Gasteiger partial charge on any atom is -0.486 e. The van der Waals surface area contributed by atoms with Crippen LogP contribution in [0.15, 0.2) is 27.6 Å². The van der Waals surface area contributed by atoms with Gasteiger partial charge in [-0.15, -0.1) is 0 Å². The van der Waals surface area contributed by atoms with Gasteiger partial charge in [0.05, 0.1) is 6.04 Å². The van der Waals surface area contributed by atoms with Gasteiger partial charge in [-0.2, -0.15) is 4.72 Å². The van der Waals surface area contributed by atoms with Crippen molar-refractivity contribution >= 4 is 15.9 Å². The van der Waals surface area contributed by atoms with Crippen molar-refractivity contribution in [2.75, 3.05) is 20.3 Å². The predicted molar refractivity (Wildman–Crippen MR) is 99.7 cm³/mol. The SMILES string of the molecule is Cc1noc(C)c1S(=O)(=O)N[C@@H](C)C(=O)N(C)Cc1ccc2c(c1)OCCO2. The van der Waals surface area contributed by atoms with Gasteiger partial charge in [0.2, 0.25) is 15.9 Å². The van der Waals surface area contributed by atoms with Gasteiger partial charge in [0, 0.05) is 13.6 Å². The van der Waals surface area contributed by atoms with E-state index in [2.05, 4.69) is 9.88 Å². The zero-order valence-electron chi connectivity index (χ0n) is 16.2. The first kappa shape index (κ1) is 20.2. The second-order valence-electron chi connectivity index (χ2n) is 6.67. The zero-order chi connectivity index (χ0) is 20.5. The van der Waals surface area contributed by atoms with Crippen LogP contribution in [0.1, 0.15) is 23.9 Å². The Kier molecular flexibility index (Phi) is 5.61. The molecule has 28 heavy (non-hydrogen) atoms. The highest BCUT2D eigenvalue weighted by molar-refractivity contribution is 7.89. The number of nitrogens with one attached hydrogen (secondary N) is 1. The van der Waals surface area contributed by atoms with E-state index < -0.39 is 16.1 Å². The number of aromatic nitrogens is 1. The molecule has 0 unspecified atom stereocenters. The van der Waals surface area contributed by atoms with Gasteiger partial charge in [-0.25, -0.2) is 8.42 Å². The van der Waals surface area contributed by atoms with E-state index in [-0.39, 0.29) is 22.3 Å². The van der Waals surface area contributed by atoms with Crippen molar-refractivity contribution in [1.29, 1.82) is 0 Å². The molecule has 2 aromatic rings. The van der Waals surface area contributed by atoms with Crippen LogP contribution in [0.25, 0.3) is 0 Å². The maximum atomic E-state index is 12.7. The highest BCUT2D eigenvalue weighted by atomic mass is 32.2. The molecule has 1 atom stereocenters. The Hall–Kier alpha value is -2.59. The maximum Gasteiger partial charge on any atom is 0.246 e. The van der Waals surface area contributed by atoms with Crippen LogP contribution in [0, 0.1) is 13.8 Å². The summed E-state index contributed by atoms with van der Waals surface area (Å²) in [6.45, 7) is 5.82. The first-order chi connectivity index (χ1) is 13.2. The smallest absolute Gasteiger partial charge is 0.246 e. The highest BCUT2D eigenvalue weighted by Crippen LogP contribution is 2.31. The quantitative estimate of drug-likeness (QED) is 0.767. The lowest BCUT2D eigenvalue weighted by Crippen LogP contribution is -2.45. The van der Waals surface area contributed by atoms with Gasteiger partial charge in [-0.1, -0.05) is 11.2 Å². The number of fused-ring (bicyclic) bond motifs is 1. The number of nitrogens with zero attached hydrogens (tertiary/aromatic N) is 2. The van der Waals surface area contributed by atoms with E-state index in [0.29, 0.717) is 31.3 Å². The van der Waals surface area contributed by atoms with E-state index in [0.717, 1.165) is 5.56 Å². The minimum absolute atomic E-state index is 0.0401. The van der Waals surface area contributed by atoms with Crippen molar-refractivity contribution in [3.63, 3.8) is 0 Å². The third-order valence-electron chi connectivity index (χ3n) is 4.34. The molecule has 152 valence electrons. The molecule has 0 saturated carbocycles. The lowest BCUT2D eigenvalue weighted by Gasteiger charge is -2.23. The molecule has 1 N–H and O–H groups in total. The van der Waals surface area contributed by atoms with Crippen LogP contribution >= 0.6 is 0 Å². The zero-order valence-corrected chi connectivity index (χ0v) is 17.0. The van der Waals surface area contributed by atoms with Crippen LogP contribution < -0.4 is 14.2 Å². The van der Waals surface area contributed by atoms with Crippen molar-refractivity contribution in [3.05, 3.63) is 35.2 Å². The van der Waals surface area contributed by atoms with Gasteiger partial charge in [-0.05, 0) is 38.5 Å². The van der Waals surface area contributed by atoms with Crippen molar-refractivity contribution in [1.82, 2.24) is 14.8 Å². The summed E-state index contributed by atoms with van der Waals surface area (Å²) in [6, 6.07) is 4.50. The predicted octanol–water partition coefficient (Wildman–Crippen LogP) is 1.39. The number of rotatable bonds is 6. The molecule has 3 rings (SSSR count). The molecular formula is C18H23N3O6S. The molecule has 0 spiro atoms. The molecule has 9 nitrogen and oxygen atoms in total. The lowest BCUT2D eigenvalue weighted by atomic mass is 10.1. The third kappa shape index (κ3) is 4.12. The summed E-state index contributed by atoms with van der Waals surface area (Å²) in [5.74, 6) is 1.11. The summed E-state index contributed by atoms with van der Waals surface area (Å²) in [4.78, 5) is 14.1. The Balaban J connectivity index is 1.67. The van der Waals surface area contributed by atoms with E-state index in [4.69, 9.17) is 14.0 Å². The fraction of sp³-hybridized carbons (Fsp3) is 0.444. The summed E-state index contributed by atoms with van der Waals surface area (Å²) in [7, 11) is -2.32. The monoisotopic (exact) mass is 409 g/mol. The third-order valence-corrected chi connectivity index (χ3v) is 6.13. The van der Waals surface area contributed by atoms with Gasteiger partial charge in [-0.3, -0.25) is 4.79 Å². The molecule has 10 heteroatoms. The van der Waals surface area contributed by atoms with E-state index in [1.165, 1.54) is 25.7 Å². The molecule has 1 aromatic carbocycles. The first-order valence-corrected chi connectivity index (χ1v) is 10.3. The average Bonchev–Trinajstić information content (AvgIpc) is 2.99. The summed E-state index contributed by atoms with van der Waals surface area (Å²) in [5, 5.41) is 3.65. The molecule has 0 fully saturated rings. The summed E-state index contributed by atoms with van der Waals surface area (Å²) in [6.07, 6.45) is 0. The topological polar surface area (TPSA) is 111 Å². The molecule has 0 saturated heterocycles. The first-order valence-electron chi connectivity index (χ1n) is 8.77. The van der Waals surface area contributed by atoms with Gasteiger partial charge in [0.15, 0.2) is 17.3 Å². The summed E-state index contributed by atoms with van der Waals surface area (Å²) in [5.41, 5.74) is 1.09. The van der Waals surface area contributed by atoms with Crippen molar-refractivity contribution in [2.45, 2.75) is 38.3 Å². The largest absolute Gasteiger partial charge is 0.486 e. The molecular weight excluding hydrogens is 386 g/mol. The second kappa shape index (κ2) is 7.80. The molecule has 1 aromatic heterocycles. The molecule has 0 aliphatic carbocycles. The van der Waals surface area contributed by atoms with E-state index in [1.807, 2.05) is 12.1 Å². The Bertz CT molecular complexity index is 966. The van der Waals surface area contributed by atoms with Crippen LogP contribution in [0.4, 0.5) is 0 Å². The van der Waals surface area contributed by atoms with E-state index >= 15 is 0 Å². The highest BCUT2D eigenvalue weighted by Gasteiger charge is 2.29. The standard InChI is InChI=1S/C18H23N3O6S/c1-11-17(13(3)27-19-11)28(23,24)20-12(2)18(22)21(4)10-14-5-6-15-16(9-14)26-8-7-25-15/h5-6,9,12,20H,7-8,10H2,1-4H3/t12-/m0/s1. The molecule has 0 bridgehead atoms. The van der Waals surface area contributed by atoms with Crippen molar-refractivity contribution in [2.24, 2.45) is 0 Å². The van der Waals surface area contributed by atoms with E-state index in [1.54, 1.807) is 13.1 Å². The summed E-state index contributed by atoms with van der Waals surface area (Å²) < 4.78 is 43.5. The number of ether oxygens (including phenoxy) is 2. The number of benzene rings is 1. The van der Waals surface area contributed by atoms with Crippen molar-refractivity contribution in [3.8, 4) is 11.5 Å². The molecule has 1 amide bonds. The number of amides is 1. The van der Waals surface area contributed by atoms with Crippen LogP contribution in [-0.4, -0.2) is 50.7 Å². The number of hydrogen-bond donors (Lipinski definition) is 1. The fourth-order valence-electron chi connectivity index (χ4n) is 3.07. The van der Waals surface area contributed by atoms with E-state index in [9.17, 15) is 13.2 Å². The Morgan fingerprint density at radius 1 is 1.25 bits per heavy atom. The van der Waals surface area contributed by atoms with Crippen LogP contribution in [0.2, 0.25) is 0 Å². The number of sulfonamides is 1. The normalized spacial score (nSPS) is 14.6. The van der Waals surface area contributed by atoms with Gasteiger partial charge < -0.3 is 18.9 Å². The van der Waals surface area contributed by atoms with Gasteiger partial charge in [0.25, 0.3) is 0 Å². The lowest BCUT2D eigenvalue weighted by molar-refractivity contribution is -0.131. The number of carbonyl (C=O) groups is 1. The van der Waals surface area contributed by atoms with Crippen molar-refractivity contribution < 1.29 is 27.2 Å². The fourth-order valence-corrected chi connectivity index (χ4v) is 4.59. The molecule has 1 aliphatic heterocycles. The average molecular weight is 409 g/mol. The Labute approximate surface area is 163 Å². The minimum atomic E-state index is -3.93. The van der Waals surface area contributed by atoms with Gasteiger partial charge >= 0.3 is 0 Å². The number of carbonyl (C=O) groups excluding carboxylic acids is 1. The molecule has 0 radical (unpaired) electrons. The number of hydrogen-bond acceptors (Lipinski definition) is 7. The Morgan fingerprint density at radius 3 is 2.57 bits per heavy atom. The molecule has 1 aliphatic rings. The maximum absolute atomic E-state index is 12.7. The van der Waals surface area contributed by atoms with Gasteiger partial charge in [0.1, 0.15) is 23.8 Å². The Morgan fingerprint density at radius 2 is 1.93 bits per heavy atom. The van der Waals surface area contributed by atoms with Crippen LogP contribution in [0.5, 0.6) is 11.5 Å². The second-order valence-corrected chi connectivity index (χ2v) is 8.32. The van der Waals surface area contributed by atoms with Crippen LogP contribution in [-0.2, 0) is 21.4 Å².